The molecule has 0 radical (unpaired) electrons. The van der Waals surface area contributed by atoms with Crippen molar-refractivity contribution in [3.8, 4) is 0 Å². The highest BCUT2D eigenvalue weighted by atomic mass is 32.1. The van der Waals surface area contributed by atoms with E-state index in [0.29, 0.717) is 0 Å². The number of benzene rings is 1. The smallest absolute Gasteiger partial charge is 0.141 e. The van der Waals surface area contributed by atoms with Crippen LogP contribution in [0.1, 0.15) is 26.3 Å². The Kier molecular flexibility index (Phi) is 2.11. The molecule has 0 amide bonds. The van der Waals surface area contributed by atoms with Gasteiger partial charge < -0.3 is 0 Å². The summed E-state index contributed by atoms with van der Waals surface area (Å²) in [6.45, 7) is 6.45. The van der Waals surface area contributed by atoms with Crippen LogP contribution in [0, 0.1) is 5.82 Å². The molecule has 1 aromatic carbocycles. The van der Waals surface area contributed by atoms with Crippen LogP contribution in [0.15, 0.2) is 23.6 Å². The van der Waals surface area contributed by atoms with Gasteiger partial charge in [0, 0.05) is 0 Å². The summed E-state index contributed by atoms with van der Waals surface area (Å²) < 4.78 is 14.2. The average Bonchev–Trinajstić information content (AvgIpc) is 2.50. The Hall–Kier alpha value is -0.890. The quantitative estimate of drug-likeness (QED) is 0.604. The predicted octanol–water partition coefficient (Wildman–Crippen LogP) is 4.34. The van der Waals surface area contributed by atoms with Crippen molar-refractivity contribution < 1.29 is 4.39 Å². The molecule has 1 heterocycles. The van der Waals surface area contributed by atoms with Gasteiger partial charge in [0.25, 0.3) is 0 Å². The van der Waals surface area contributed by atoms with E-state index in [2.05, 4.69) is 20.8 Å². The maximum atomic E-state index is 13.4. The summed E-state index contributed by atoms with van der Waals surface area (Å²) >= 11 is 1.47. The molecule has 2 heteroatoms. The van der Waals surface area contributed by atoms with Crippen LogP contribution >= 0.6 is 11.3 Å². The van der Waals surface area contributed by atoms with Crippen LogP contribution in [0.2, 0.25) is 0 Å². The third kappa shape index (κ3) is 1.44. The molecule has 0 bridgehead atoms. The highest BCUT2D eigenvalue weighted by molar-refractivity contribution is 7.17. The van der Waals surface area contributed by atoms with E-state index in [4.69, 9.17) is 0 Å². The Labute approximate surface area is 87.4 Å². The molecule has 2 aromatic rings. The molecule has 0 atom stereocenters. The number of rotatable bonds is 0. The van der Waals surface area contributed by atoms with Gasteiger partial charge in [-0.25, -0.2) is 4.39 Å². The molecule has 0 aliphatic carbocycles. The molecule has 2 rings (SSSR count). The molecule has 0 saturated carbocycles. The van der Waals surface area contributed by atoms with Crippen LogP contribution in [0.3, 0.4) is 0 Å². The Balaban J connectivity index is 2.80. The summed E-state index contributed by atoms with van der Waals surface area (Å²) in [5.74, 6) is -0.108. The van der Waals surface area contributed by atoms with Crippen molar-refractivity contribution >= 4 is 21.4 Å². The van der Waals surface area contributed by atoms with E-state index >= 15 is 0 Å². The van der Waals surface area contributed by atoms with E-state index in [1.165, 1.54) is 16.9 Å². The molecular weight excluding hydrogens is 195 g/mol. The van der Waals surface area contributed by atoms with Gasteiger partial charge in [-0.2, -0.15) is 0 Å². The van der Waals surface area contributed by atoms with Gasteiger partial charge in [0.05, 0.1) is 4.70 Å². The monoisotopic (exact) mass is 208 g/mol. The van der Waals surface area contributed by atoms with Crippen molar-refractivity contribution in [2.45, 2.75) is 26.2 Å². The summed E-state index contributed by atoms with van der Waals surface area (Å²) in [5, 5.41) is 3.01. The minimum atomic E-state index is -0.108. The van der Waals surface area contributed by atoms with Crippen molar-refractivity contribution in [3.05, 3.63) is 35.0 Å². The lowest BCUT2D eigenvalue weighted by Crippen LogP contribution is -2.11. The zero-order valence-electron chi connectivity index (χ0n) is 8.60. The van der Waals surface area contributed by atoms with Crippen LogP contribution < -0.4 is 0 Å². The Morgan fingerprint density at radius 3 is 2.50 bits per heavy atom. The lowest BCUT2D eigenvalue weighted by atomic mass is 9.85. The van der Waals surface area contributed by atoms with Crippen molar-refractivity contribution in [2.24, 2.45) is 0 Å². The summed E-state index contributed by atoms with van der Waals surface area (Å²) in [5.41, 5.74) is 1.29. The zero-order valence-corrected chi connectivity index (χ0v) is 9.41. The average molecular weight is 208 g/mol. The molecule has 0 N–H and O–H groups in total. The van der Waals surface area contributed by atoms with Crippen LogP contribution in [-0.2, 0) is 5.41 Å². The molecule has 0 aliphatic heterocycles. The van der Waals surface area contributed by atoms with Crippen molar-refractivity contribution in [1.29, 1.82) is 0 Å². The number of thiophene rings is 1. The van der Waals surface area contributed by atoms with Crippen molar-refractivity contribution in [1.82, 2.24) is 0 Å². The lowest BCUT2D eigenvalue weighted by Gasteiger charge is -2.20. The van der Waals surface area contributed by atoms with E-state index in [9.17, 15) is 4.39 Å². The largest absolute Gasteiger partial charge is 0.205 e. The van der Waals surface area contributed by atoms with Crippen molar-refractivity contribution in [3.63, 3.8) is 0 Å². The van der Waals surface area contributed by atoms with Gasteiger partial charge >= 0.3 is 0 Å². The second-order valence-corrected chi connectivity index (χ2v) is 5.42. The molecule has 14 heavy (non-hydrogen) atoms. The Morgan fingerprint density at radius 1 is 1.14 bits per heavy atom. The molecule has 0 spiro atoms. The normalized spacial score (nSPS) is 12.3. The Morgan fingerprint density at radius 2 is 1.86 bits per heavy atom. The number of hydrogen-bond donors (Lipinski definition) is 0. The zero-order chi connectivity index (χ0) is 10.3. The Bertz CT molecular complexity index is 463. The van der Waals surface area contributed by atoms with Gasteiger partial charge in [-0.05, 0) is 33.9 Å². The van der Waals surface area contributed by atoms with E-state index in [1.807, 2.05) is 17.5 Å². The number of fused-ring (bicyclic) bond motifs is 1. The minimum absolute atomic E-state index is 0.0764. The lowest BCUT2D eigenvalue weighted by molar-refractivity contribution is 0.592. The van der Waals surface area contributed by atoms with E-state index in [-0.39, 0.29) is 11.2 Å². The molecule has 0 nitrogen and oxygen atoms in total. The fourth-order valence-electron chi connectivity index (χ4n) is 1.68. The fourth-order valence-corrected chi connectivity index (χ4v) is 2.51. The molecule has 0 aliphatic rings. The molecule has 74 valence electrons. The second kappa shape index (κ2) is 3.06. The highest BCUT2D eigenvalue weighted by Crippen LogP contribution is 2.33. The van der Waals surface area contributed by atoms with E-state index in [0.717, 1.165) is 10.1 Å². The predicted molar refractivity (Wildman–Crippen MR) is 60.5 cm³/mol. The first kappa shape index (κ1) is 9.66. The molecule has 0 unspecified atom stereocenters. The second-order valence-electron chi connectivity index (χ2n) is 4.51. The molecule has 0 fully saturated rings. The van der Waals surface area contributed by atoms with Gasteiger partial charge in [-0.15, -0.1) is 11.3 Å². The first-order chi connectivity index (χ1) is 6.50. The van der Waals surface area contributed by atoms with Crippen LogP contribution in [0.25, 0.3) is 10.1 Å². The van der Waals surface area contributed by atoms with Gasteiger partial charge in [-0.1, -0.05) is 26.8 Å². The topological polar surface area (TPSA) is 0 Å². The molecular formula is C12H13FS. The number of halogens is 1. The van der Waals surface area contributed by atoms with Crippen LogP contribution in [0.5, 0.6) is 0 Å². The third-order valence-electron chi connectivity index (χ3n) is 2.38. The summed E-state index contributed by atoms with van der Waals surface area (Å²) in [6, 6.07) is 5.47. The van der Waals surface area contributed by atoms with Gasteiger partial charge in [0.15, 0.2) is 0 Å². The van der Waals surface area contributed by atoms with Gasteiger partial charge in [0.1, 0.15) is 5.82 Å². The van der Waals surface area contributed by atoms with E-state index in [1.54, 1.807) is 6.07 Å². The number of hydrogen-bond acceptors (Lipinski definition) is 1. The highest BCUT2D eigenvalue weighted by Gasteiger charge is 2.18. The molecule has 0 saturated heterocycles. The standard InChI is InChI=1S/C12H13FS/c1-12(2,3)9-4-5-10(13)11-8(9)6-7-14-11/h4-7H,1-3H3. The van der Waals surface area contributed by atoms with Gasteiger partial charge in [-0.3, -0.25) is 0 Å². The van der Waals surface area contributed by atoms with Crippen LogP contribution in [-0.4, -0.2) is 0 Å². The SMILES string of the molecule is CC(C)(C)c1ccc(F)c2sccc12. The minimum Gasteiger partial charge on any atom is -0.205 e. The molecule has 1 aromatic heterocycles. The summed E-state index contributed by atoms with van der Waals surface area (Å²) in [7, 11) is 0. The first-order valence-electron chi connectivity index (χ1n) is 4.66. The maximum Gasteiger partial charge on any atom is 0.141 e. The van der Waals surface area contributed by atoms with Gasteiger partial charge in [0.2, 0.25) is 0 Å². The fraction of sp³-hybridized carbons (Fsp3) is 0.333. The summed E-state index contributed by atoms with van der Waals surface area (Å²) in [4.78, 5) is 0. The maximum absolute atomic E-state index is 13.4. The summed E-state index contributed by atoms with van der Waals surface area (Å²) in [6.07, 6.45) is 0. The first-order valence-corrected chi connectivity index (χ1v) is 5.54. The third-order valence-corrected chi connectivity index (χ3v) is 3.30. The van der Waals surface area contributed by atoms with Crippen molar-refractivity contribution in [2.75, 3.05) is 0 Å². The van der Waals surface area contributed by atoms with E-state index < -0.39 is 0 Å². The van der Waals surface area contributed by atoms with Crippen LogP contribution in [0.4, 0.5) is 4.39 Å².